The van der Waals surface area contributed by atoms with Crippen molar-refractivity contribution in [1.29, 1.82) is 0 Å². The molecule has 0 aromatic heterocycles. The molecular formula is C9H2BrClF6O. The Balaban J connectivity index is 3.43. The molecule has 0 unspecified atom stereocenters. The molecule has 0 heterocycles. The van der Waals surface area contributed by atoms with E-state index in [9.17, 15) is 31.1 Å². The van der Waals surface area contributed by atoms with Gasteiger partial charge in [0.15, 0.2) is 0 Å². The number of hydrogen-bond acceptors (Lipinski definition) is 1. The third kappa shape index (κ3) is 3.17. The van der Waals surface area contributed by atoms with Crippen molar-refractivity contribution < 1.29 is 31.1 Å². The Labute approximate surface area is 110 Å². The van der Waals surface area contributed by atoms with Gasteiger partial charge in [-0.05, 0) is 28.1 Å². The zero-order valence-corrected chi connectivity index (χ0v) is 10.4. The normalized spacial score (nSPS) is 12.7. The Kier molecular flexibility index (Phi) is 4.02. The van der Waals surface area contributed by atoms with E-state index in [1.54, 1.807) is 0 Å². The van der Waals surface area contributed by atoms with Crippen molar-refractivity contribution in [2.45, 2.75) is 12.4 Å². The molecule has 1 rings (SSSR count). The van der Waals surface area contributed by atoms with Crippen LogP contribution in [0, 0.1) is 0 Å². The molecule has 9 heteroatoms. The second kappa shape index (κ2) is 4.73. The number of carbonyl (C=O) groups is 1. The van der Waals surface area contributed by atoms with Crippen LogP contribution in [0.3, 0.4) is 0 Å². The largest absolute Gasteiger partial charge is 0.454 e. The minimum atomic E-state index is -5.26. The lowest BCUT2D eigenvalue weighted by Crippen LogP contribution is -2.23. The molecule has 0 aliphatic rings. The van der Waals surface area contributed by atoms with Crippen LogP contribution in [0.15, 0.2) is 16.6 Å². The fourth-order valence-electron chi connectivity index (χ4n) is 1.09. The third-order valence-electron chi connectivity index (χ3n) is 1.85. The van der Waals surface area contributed by atoms with E-state index in [0.717, 1.165) is 0 Å². The molecule has 0 atom stereocenters. The number of Topliss-reactive ketones (excluding diaryl/α,β-unsaturated/α-hetero) is 1. The number of hydrogen-bond donors (Lipinski definition) is 0. The number of carbonyl (C=O) groups excluding carboxylic acids is 1. The number of alkyl halides is 6. The van der Waals surface area contributed by atoms with Crippen molar-refractivity contribution in [2.24, 2.45) is 0 Å². The molecule has 0 saturated carbocycles. The average Bonchev–Trinajstić information content (AvgIpc) is 2.17. The van der Waals surface area contributed by atoms with E-state index in [1.165, 1.54) is 0 Å². The summed E-state index contributed by atoms with van der Waals surface area (Å²) in [4.78, 5) is 10.8. The lowest BCUT2D eigenvalue weighted by molar-refractivity contribution is -0.138. The summed E-state index contributed by atoms with van der Waals surface area (Å²) in [6.45, 7) is 0. The van der Waals surface area contributed by atoms with Crippen LogP contribution in [0.2, 0.25) is 5.02 Å². The zero-order valence-electron chi connectivity index (χ0n) is 8.09. The van der Waals surface area contributed by atoms with Crippen LogP contribution < -0.4 is 0 Å². The highest BCUT2D eigenvalue weighted by Crippen LogP contribution is 2.40. The van der Waals surface area contributed by atoms with Crippen LogP contribution in [0.5, 0.6) is 0 Å². The predicted octanol–water partition coefficient (Wildman–Crippen LogP) is 4.87. The van der Waals surface area contributed by atoms with E-state index in [1.807, 2.05) is 0 Å². The Hall–Kier alpha value is -0.760. The second-order valence-electron chi connectivity index (χ2n) is 3.14. The molecule has 18 heavy (non-hydrogen) atoms. The van der Waals surface area contributed by atoms with Gasteiger partial charge >= 0.3 is 12.4 Å². The Bertz CT molecular complexity index is 493. The van der Waals surface area contributed by atoms with Crippen molar-refractivity contribution in [3.63, 3.8) is 0 Å². The van der Waals surface area contributed by atoms with Gasteiger partial charge in [0, 0.05) is 10.0 Å². The van der Waals surface area contributed by atoms with Gasteiger partial charge in [-0.15, -0.1) is 0 Å². The maximum absolute atomic E-state index is 12.5. The number of ketones is 1. The predicted molar refractivity (Wildman–Crippen MR) is 54.5 cm³/mol. The van der Waals surface area contributed by atoms with E-state index >= 15 is 0 Å². The standard InChI is InChI=1S/C9H2BrClF6O/c10-6-4(8(12,13)14)1-3(2-5(6)11)7(18)9(15,16)17/h1-2H. The van der Waals surface area contributed by atoms with E-state index in [2.05, 4.69) is 15.9 Å². The van der Waals surface area contributed by atoms with Gasteiger partial charge in [-0.25, -0.2) is 0 Å². The number of rotatable bonds is 1. The topological polar surface area (TPSA) is 17.1 Å². The molecule has 0 radical (unpaired) electrons. The fraction of sp³-hybridized carbons (Fsp3) is 0.222. The van der Waals surface area contributed by atoms with Gasteiger partial charge in [-0.2, -0.15) is 26.3 Å². The monoisotopic (exact) mass is 354 g/mol. The van der Waals surface area contributed by atoms with E-state index < -0.39 is 38.8 Å². The summed E-state index contributed by atoms with van der Waals surface area (Å²) in [6.07, 6.45) is -10.2. The summed E-state index contributed by atoms with van der Waals surface area (Å²) in [5, 5.41) is -0.627. The zero-order chi connectivity index (χ0) is 14.3. The third-order valence-corrected chi connectivity index (χ3v) is 3.23. The molecule has 0 saturated heterocycles. The van der Waals surface area contributed by atoms with Crippen molar-refractivity contribution in [1.82, 2.24) is 0 Å². The maximum atomic E-state index is 12.5. The van der Waals surface area contributed by atoms with Crippen molar-refractivity contribution in [2.75, 3.05) is 0 Å². The summed E-state index contributed by atoms with van der Waals surface area (Å²) in [5.41, 5.74) is -2.61. The molecule has 1 aromatic rings. The molecule has 1 nitrogen and oxygen atoms in total. The smallest absolute Gasteiger partial charge is 0.284 e. The van der Waals surface area contributed by atoms with Crippen molar-refractivity contribution in [3.05, 3.63) is 32.8 Å². The summed E-state index contributed by atoms with van der Waals surface area (Å²) in [6, 6.07) is 0.627. The van der Waals surface area contributed by atoms with Gasteiger partial charge in [0.25, 0.3) is 5.78 Å². The molecule has 0 N–H and O–H groups in total. The van der Waals surface area contributed by atoms with Gasteiger partial charge in [0.2, 0.25) is 0 Å². The highest BCUT2D eigenvalue weighted by molar-refractivity contribution is 9.10. The molecule has 0 spiro atoms. The summed E-state index contributed by atoms with van der Waals surface area (Å²) < 4.78 is 73.2. The minimum absolute atomic E-state index is 0.103. The molecule has 0 bridgehead atoms. The van der Waals surface area contributed by atoms with E-state index in [0.29, 0.717) is 6.07 Å². The Morgan fingerprint density at radius 1 is 1.11 bits per heavy atom. The molecule has 1 aromatic carbocycles. The first-order valence-electron chi connectivity index (χ1n) is 4.12. The van der Waals surface area contributed by atoms with Gasteiger partial charge < -0.3 is 0 Å². The molecule has 100 valence electrons. The summed E-state index contributed by atoms with van der Waals surface area (Å²) in [5.74, 6) is -2.39. The SMILES string of the molecule is O=C(c1cc(Cl)c(Br)c(C(F)(F)F)c1)C(F)(F)F. The van der Waals surface area contributed by atoms with Gasteiger partial charge in [0.05, 0.1) is 10.6 Å². The summed E-state index contributed by atoms with van der Waals surface area (Å²) >= 11 is 7.86. The van der Waals surface area contributed by atoms with Crippen LogP contribution in [-0.2, 0) is 6.18 Å². The highest BCUT2D eigenvalue weighted by Gasteiger charge is 2.41. The van der Waals surface area contributed by atoms with Crippen LogP contribution in [-0.4, -0.2) is 12.0 Å². The second-order valence-corrected chi connectivity index (χ2v) is 4.34. The van der Waals surface area contributed by atoms with Crippen LogP contribution in [0.25, 0.3) is 0 Å². The van der Waals surface area contributed by atoms with Gasteiger partial charge in [-0.3, -0.25) is 4.79 Å². The lowest BCUT2D eigenvalue weighted by Gasteiger charge is -2.13. The van der Waals surface area contributed by atoms with E-state index in [4.69, 9.17) is 11.6 Å². The first-order valence-corrected chi connectivity index (χ1v) is 5.29. The maximum Gasteiger partial charge on any atom is 0.454 e. The molecule has 0 fully saturated rings. The van der Waals surface area contributed by atoms with Crippen LogP contribution >= 0.6 is 27.5 Å². The average molecular weight is 355 g/mol. The summed E-state index contributed by atoms with van der Waals surface area (Å²) in [7, 11) is 0. The number of halogens is 8. The van der Waals surface area contributed by atoms with Gasteiger partial charge in [0.1, 0.15) is 0 Å². The van der Waals surface area contributed by atoms with Crippen molar-refractivity contribution >= 4 is 33.3 Å². The molecular weight excluding hydrogens is 353 g/mol. The molecule has 0 aliphatic carbocycles. The van der Waals surface area contributed by atoms with Crippen LogP contribution in [0.4, 0.5) is 26.3 Å². The Morgan fingerprint density at radius 2 is 1.61 bits per heavy atom. The van der Waals surface area contributed by atoms with Crippen LogP contribution in [0.1, 0.15) is 15.9 Å². The molecule has 0 aliphatic heterocycles. The lowest BCUT2D eigenvalue weighted by atomic mass is 10.1. The minimum Gasteiger partial charge on any atom is -0.284 e. The van der Waals surface area contributed by atoms with Gasteiger partial charge in [-0.1, -0.05) is 11.6 Å². The van der Waals surface area contributed by atoms with Crippen molar-refractivity contribution in [3.8, 4) is 0 Å². The quantitative estimate of drug-likeness (QED) is 0.519. The Morgan fingerprint density at radius 3 is 2.00 bits per heavy atom. The first kappa shape index (κ1) is 15.3. The van der Waals surface area contributed by atoms with E-state index in [-0.39, 0.29) is 6.07 Å². The first-order chi connectivity index (χ1) is 7.94. The number of benzene rings is 1. The highest BCUT2D eigenvalue weighted by atomic mass is 79.9. The fourth-order valence-corrected chi connectivity index (χ4v) is 1.76. The molecule has 0 amide bonds.